The van der Waals surface area contributed by atoms with Crippen LogP contribution >= 0.6 is 31.5 Å². The Labute approximate surface area is 179 Å². The third kappa shape index (κ3) is 5.55. The van der Waals surface area contributed by atoms with E-state index in [0.717, 1.165) is 69.1 Å². The van der Waals surface area contributed by atoms with Crippen molar-refractivity contribution < 1.29 is 13.6 Å². The molecule has 0 unspecified atom stereocenters. The molecule has 2 aromatic rings. The Kier molecular flexibility index (Phi) is 9.40. The van der Waals surface area contributed by atoms with Crippen LogP contribution in [0.4, 0.5) is 0 Å². The monoisotopic (exact) mass is 441 g/mol. The summed E-state index contributed by atoms with van der Waals surface area (Å²) in [6, 6.07) is 7.62. The lowest BCUT2D eigenvalue weighted by atomic mass is 9.97. The highest BCUT2D eigenvalue weighted by atomic mass is 35.5. The first-order valence-corrected chi connectivity index (χ1v) is 11.6. The van der Waals surface area contributed by atoms with Crippen molar-refractivity contribution in [1.29, 1.82) is 0 Å². The quantitative estimate of drug-likeness (QED) is 0.355. The largest absolute Gasteiger partial charge is 0.698 e. The van der Waals surface area contributed by atoms with Gasteiger partial charge >= 0.3 is 8.25 Å². The fraction of sp³-hybridized carbons (Fsp3) is 0.455. The summed E-state index contributed by atoms with van der Waals surface area (Å²) in [5.41, 5.74) is 6.59. The smallest absolute Gasteiger partial charge is 0.114 e. The molecule has 0 radical (unpaired) electrons. The van der Waals surface area contributed by atoms with E-state index in [1.807, 2.05) is 24.3 Å². The molecular formula is C22H28Cl2O3P+. The van der Waals surface area contributed by atoms with Crippen LogP contribution in [-0.2, 0) is 52.5 Å². The summed E-state index contributed by atoms with van der Waals surface area (Å²) in [6.45, 7) is 8.81. The van der Waals surface area contributed by atoms with Crippen LogP contribution in [-0.4, -0.2) is 0 Å². The third-order valence-electron chi connectivity index (χ3n) is 5.01. The summed E-state index contributed by atoms with van der Waals surface area (Å²) >= 11 is 12.6. The van der Waals surface area contributed by atoms with Gasteiger partial charge in [0.2, 0.25) is 0 Å². The number of hydrogen-bond acceptors (Lipinski definition) is 3. The van der Waals surface area contributed by atoms with Crippen LogP contribution < -0.4 is 0 Å². The Hall–Kier alpha value is -0.960. The predicted molar refractivity (Wildman–Crippen MR) is 118 cm³/mol. The Morgan fingerprint density at radius 3 is 1.36 bits per heavy atom. The second-order valence-electron chi connectivity index (χ2n) is 6.51. The van der Waals surface area contributed by atoms with Crippen LogP contribution in [0.2, 0.25) is 10.0 Å². The minimum Gasteiger partial charge on any atom is -0.114 e. The molecule has 6 heteroatoms. The van der Waals surface area contributed by atoms with E-state index in [1.54, 1.807) is 0 Å². The average Bonchev–Trinajstić information content (AvgIpc) is 2.70. The molecule has 0 aliphatic heterocycles. The fourth-order valence-corrected chi connectivity index (χ4v) is 4.81. The van der Waals surface area contributed by atoms with E-state index in [1.165, 1.54) is 0 Å². The van der Waals surface area contributed by atoms with Gasteiger partial charge in [-0.25, -0.2) is 0 Å². The topological polar surface area (TPSA) is 35.5 Å². The molecule has 152 valence electrons. The average molecular weight is 442 g/mol. The van der Waals surface area contributed by atoms with Gasteiger partial charge in [-0.05, 0) is 71.2 Å². The lowest BCUT2D eigenvalue weighted by Crippen LogP contribution is -2.02. The Bertz CT molecular complexity index is 770. The summed E-state index contributed by atoms with van der Waals surface area (Å²) < 4.78 is 23.3. The van der Waals surface area contributed by atoms with Gasteiger partial charge in [0.15, 0.2) is 0 Å². The van der Waals surface area contributed by atoms with E-state index in [2.05, 4.69) is 27.7 Å². The van der Waals surface area contributed by atoms with Gasteiger partial charge < -0.3 is 0 Å². The highest BCUT2D eigenvalue weighted by Crippen LogP contribution is 2.32. The maximum Gasteiger partial charge on any atom is 0.698 e. The Morgan fingerprint density at radius 2 is 1.04 bits per heavy atom. The molecule has 0 saturated carbocycles. The zero-order chi connectivity index (χ0) is 20.7. The first-order valence-electron chi connectivity index (χ1n) is 9.77. The van der Waals surface area contributed by atoms with Crippen molar-refractivity contribution in [3.63, 3.8) is 0 Å². The zero-order valence-electron chi connectivity index (χ0n) is 17.0. The van der Waals surface area contributed by atoms with E-state index in [0.29, 0.717) is 0 Å². The summed E-state index contributed by atoms with van der Waals surface area (Å²) in [5.74, 6) is 0. The van der Waals surface area contributed by atoms with Gasteiger partial charge in [-0.15, -0.1) is 9.05 Å². The number of benzene rings is 2. The van der Waals surface area contributed by atoms with Crippen molar-refractivity contribution in [2.45, 2.75) is 66.6 Å². The maximum absolute atomic E-state index is 12.3. The summed E-state index contributed by atoms with van der Waals surface area (Å²) in [7, 11) is -2.22. The predicted octanol–water partition coefficient (Wildman–Crippen LogP) is 7.63. The number of halogens is 2. The Balaban J connectivity index is 2.03. The van der Waals surface area contributed by atoms with Crippen LogP contribution in [0.25, 0.3) is 0 Å². The van der Waals surface area contributed by atoms with Crippen molar-refractivity contribution >= 4 is 31.5 Å². The van der Waals surface area contributed by atoms with Crippen molar-refractivity contribution in [2.24, 2.45) is 0 Å². The molecule has 0 heterocycles. The van der Waals surface area contributed by atoms with Crippen molar-refractivity contribution in [3.8, 4) is 0 Å². The van der Waals surface area contributed by atoms with E-state index in [4.69, 9.17) is 32.2 Å². The zero-order valence-corrected chi connectivity index (χ0v) is 19.4. The molecule has 0 saturated heterocycles. The fourth-order valence-electron chi connectivity index (χ4n) is 3.62. The highest BCUT2D eigenvalue weighted by molar-refractivity contribution is 7.33. The molecule has 0 aliphatic carbocycles. The first-order chi connectivity index (χ1) is 13.5. The molecule has 0 N–H and O–H groups in total. The second kappa shape index (κ2) is 11.3. The van der Waals surface area contributed by atoms with Crippen LogP contribution in [0.15, 0.2) is 24.3 Å². The Morgan fingerprint density at radius 1 is 0.679 bits per heavy atom. The van der Waals surface area contributed by atoms with Crippen LogP contribution in [0.5, 0.6) is 0 Å². The second-order valence-corrected chi connectivity index (χ2v) is 8.29. The van der Waals surface area contributed by atoms with Gasteiger partial charge in [-0.2, -0.15) is 0 Å². The van der Waals surface area contributed by atoms with Crippen molar-refractivity contribution in [2.75, 3.05) is 0 Å². The molecule has 0 atom stereocenters. The minimum absolute atomic E-state index is 0.240. The number of rotatable bonds is 10. The lowest BCUT2D eigenvalue weighted by molar-refractivity contribution is 0.212. The van der Waals surface area contributed by atoms with Gasteiger partial charge in [0, 0.05) is 14.6 Å². The van der Waals surface area contributed by atoms with Gasteiger partial charge in [-0.1, -0.05) is 63.0 Å². The first kappa shape index (κ1) is 23.3. The van der Waals surface area contributed by atoms with E-state index >= 15 is 0 Å². The third-order valence-corrected chi connectivity index (χ3v) is 6.40. The lowest BCUT2D eigenvalue weighted by Gasteiger charge is -2.13. The molecule has 0 amide bonds. The molecule has 3 nitrogen and oxygen atoms in total. The molecule has 0 aliphatic rings. The van der Waals surface area contributed by atoms with E-state index in [9.17, 15) is 4.57 Å². The van der Waals surface area contributed by atoms with E-state index < -0.39 is 8.25 Å². The maximum atomic E-state index is 12.3. The summed E-state index contributed by atoms with van der Waals surface area (Å²) in [4.78, 5) is 0. The molecule has 2 aromatic carbocycles. The molecule has 0 bridgehead atoms. The van der Waals surface area contributed by atoms with Crippen LogP contribution in [0.1, 0.15) is 61.1 Å². The molecule has 28 heavy (non-hydrogen) atoms. The van der Waals surface area contributed by atoms with Gasteiger partial charge in [0.05, 0.1) is 0 Å². The standard InChI is InChI=1S/C22H28Cl2O3P/c1-5-17-15(9-11-21(23)19(17)7-3)13-26-28(25)27-14-16-10-12-22(24)20(8-4)18(16)6-2/h9-12H,5-8,13-14H2,1-4H3/q+1. The molecule has 0 aromatic heterocycles. The number of hydrogen-bond donors (Lipinski definition) is 0. The van der Waals surface area contributed by atoms with Crippen LogP contribution in [0.3, 0.4) is 0 Å². The van der Waals surface area contributed by atoms with Crippen LogP contribution in [0, 0.1) is 0 Å². The molecular weight excluding hydrogens is 414 g/mol. The minimum atomic E-state index is -2.22. The normalized spacial score (nSPS) is 11.1. The van der Waals surface area contributed by atoms with E-state index in [-0.39, 0.29) is 13.2 Å². The summed E-state index contributed by atoms with van der Waals surface area (Å²) in [5, 5.41) is 1.54. The van der Waals surface area contributed by atoms with Crippen molar-refractivity contribution in [3.05, 3.63) is 67.7 Å². The van der Waals surface area contributed by atoms with Crippen molar-refractivity contribution in [1.82, 2.24) is 0 Å². The van der Waals surface area contributed by atoms with Gasteiger partial charge in [-0.3, -0.25) is 0 Å². The SMILES string of the molecule is CCc1c(Cl)ccc(CO[P+](=O)OCc2ccc(Cl)c(CC)c2CC)c1CC. The van der Waals surface area contributed by atoms with Gasteiger partial charge in [0.25, 0.3) is 0 Å². The molecule has 2 rings (SSSR count). The molecule has 0 fully saturated rings. The highest BCUT2D eigenvalue weighted by Gasteiger charge is 2.23. The summed E-state index contributed by atoms with van der Waals surface area (Å²) in [6.07, 6.45) is 3.41. The molecule has 0 spiro atoms. The van der Waals surface area contributed by atoms with Gasteiger partial charge in [0.1, 0.15) is 13.2 Å².